The Morgan fingerprint density at radius 2 is 2.00 bits per heavy atom. The molecule has 0 saturated carbocycles. The van der Waals surface area contributed by atoms with Crippen LogP contribution < -0.4 is 4.74 Å². The zero-order chi connectivity index (χ0) is 13.3. The number of thiophene rings is 1. The summed E-state index contributed by atoms with van der Waals surface area (Å²) in [5.74, 6) is 0.497. The Bertz CT molecular complexity index is 602. The maximum Gasteiger partial charge on any atom is 0.206 e. The van der Waals surface area contributed by atoms with Crippen molar-refractivity contribution in [3.05, 3.63) is 50.2 Å². The molecule has 18 heavy (non-hydrogen) atoms. The minimum Gasteiger partial charge on any atom is -0.496 e. The van der Waals surface area contributed by atoms with E-state index in [4.69, 9.17) is 16.3 Å². The van der Waals surface area contributed by atoms with Gasteiger partial charge in [0.25, 0.3) is 0 Å². The third-order valence-electron chi connectivity index (χ3n) is 2.66. The lowest BCUT2D eigenvalue weighted by atomic mass is 10.1. The van der Waals surface area contributed by atoms with E-state index in [9.17, 15) is 4.79 Å². The van der Waals surface area contributed by atoms with Gasteiger partial charge in [0.15, 0.2) is 0 Å². The fourth-order valence-corrected chi connectivity index (χ4v) is 2.98. The van der Waals surface area contributed by atoms with Crippen molar-refractivity contribution in [2.45, 2.75) is 13.8 Å². The Morgan fingerprint density at radius 3 is 2.56 bits per heavy atom. The first-order valence-corrected chi connectivity index (χ1v) is 6.67. The molecule has 0 atom stereocenters. The van der Waals surface area contributed by atoms with E-state index in [0.29, 0.717) is 16.3 Å². The van der Waals surface area contributed by atoms with Crippen LogP contribution in [0.15, 0.2) is 24.3 Å². The number of hydrogen-bond donors (Lipinski definition) is 0. The maximum atomic E-state index is 12.5. The van der Waals surface area contributed by atoms with E-state index in [1.54, 1.807) is 18.2 Å². The molecular weight excluding hydrogens is 268 g/mol. The van der Waals surface area contributed by atoms with Gasteiger partial charge in [0, 0.05) is 9.90 Å². The van der Waals surface area contributed by atoms with Gasteiger partial charge in [0.1, 0.15) is 5.75 Å². The van der Waals surface area contributed by atoms with E-state index >= 15 is 0 Å². The maximum absolute atomic E-state index is 12.5. The van der Waals surface area contributed by atoms with Gasteiger partial charge in [-0.25, -0.2) is 0 Å². The standard InChI is InChI=1S/C14H13ClO2S/c1-8-6-9(2)18-14(8)13(16)11-5-4-10(15)7-12(11)17-3/h4-7H,1-3H3. The van der Waals surface area contributed by atoms with Crippen molar-refractivity contribution < 1.29 is 9.53 Å². The van der Waals surface area contributed by atoms with Crippen molar-refractivity contribution in [1.29, 1.82) is 0 Å². The van der Waals surface area contributed by atoms with Gasteiger partial charge in [-0.2, -0.15) is 0 Å². The van der Waals surface area contributed by atoms with Crippen LogP contribution in [0.2, 0.25) is 5.02 Å². The number of ketones is 1. The summed E-state index contributed by atoms with van der Waals surface area (Å²) in [5, 5.41) is 0.558. The molecule has 0 spiro atoms. The predicted octanol–water partition coefficient (Wildman–Crippen LogP) is 4.26. The molecule has 1 heterocycles. The normalized spacial score (nSPS) is 10.4. The Balaban J connectivity index is 2.49. The van der Waals surface area contributed by atoms with Crippen LogP contribution in [0, 0.1) is 13.8 Å². The van der Waals surface area contributed by atoms with Gasteiger partial charge in [-0.15, -0.1) is 11.3 Å². The summed E-state index contributed by atoms with van der Waals surface area (Å²) in [7, 11) is 1.54. The second-order valence-corrected chi connectivity index (χ2v) is 5.74. The lowest BCUT2D eigenvalue weighted by Gasteiger charge is -2.07. The summed E-state index contributed by atoms with van der Waals surface area (Å²) in [6, 6.07) is 7.08. The number of carbonyl (C=O) groups is 1. The first-order valence-electron chi connectivity index (χ1n) is 5.48. The molecule has 1 aromatic heterocycles. The van der Waals surface area contributed by atoms with Crippen molar-refractivity contribution in [2.24, 2.45) is 0 Å². The molecule has 4 heteroatoms. The molecular formula is C14H13ClO2S. The van der Waals surface area contributed by atoms with Gasteiger partial charge in [0.2, 0.25) is 5.78 Å². The molecule has 1 aromatic carbocycles. The van der Waals surface area contributed by atoms with Gasteiger partial charge in [0.05, 0.1) is 17.6 Å². The number of carbonyl (C=O) groups excluding carboxylic acids is 1. The average molecular weight is 281 g/mol. The minimum absolute atomic E-state index is 0.0147. The number of rotatable bonds is 3. The van der Waals surface area contributed by atoms with Crippen molar-refractivity contribution in [3.63, 3.8) is 0 Å². The molecule has 0 amide bonds. The molecule has 2 rings (SSSR count). The van der Waals surface area contributed by atoms with E-state index < -0.39 is 0 Å². The fraction of sp³-hybridized carbons (Fsp3) is 0.214. The monoisotopic (exact) mass is 280 g/mol. The Labute approximate surface area is 115 Å². The predicted molar refractivity (Wildman–Crippen MR) is 75.2 cm³/mol. The number of methoxy groups -OCH3 is 1. The van der Waals surface area contributed by atoms with E-state index in [1.165, 1.54) is 18.4 Å². The molecule has 0 bridgehead atoms. The highest BCUT2D eigenvalue weighted by Crippen LogP contribution is 2.29. The van der Waals surface area contributed by atoms with E-state index in [2.05, 4.69) is 0 Å². The molecule has 0 aliphatic rings. The summed E-state index contributed by atoms with van der Waals surface area (Å²) >= 11 is 7.40. The second-order valence-electron chi connectivity index (χ2n) is 4.04. The molecule has 0 unspecified atom stereocenters. The summed E-state index contributed by atoms with van der Waals surface area (Å²) in [6.07, 6.45) is 0. The Hall–Kier alpha value is -1.32. The van der Waals surface area contributed by atoms with Crippen LogP contribution in [-0.4, -0.2) is 12.9 Å². The van der Waals surface area contributed by atoms with Gasteiger partial charge < -0.3 is 4.74 Å². The van der Waals surface area contributed by atoms with Gasteiger partial charge in [-0.3, -0.25) is 4.79 Å². The number of benzene rings is 1. The van der Waals surface area contributed by atoms with E-state index in [0.717, 1.165) is 15.3 Å². The van der Waals surface area contributed by atoms with Crippen LogP contribution >= 0.6 is 22.9 Å². The zero-order valence-corrected chi connectivity index (χ0v) is 12.0. The van der Waals surface area contributed by atoms with Crippen LogP contribution in [0.3, 0.4) is 0 Å². The molecule has 0 radical (unpaired) electrons. The number of ether oxygens (including phenoxy) is 1. The molecule has 0 saturated heterocycles. The summed E-state index contributed by atoms with van der Waals surface area (Å²) < 4.78 is 5.21. The minimum atomic E-state index is -0.0147. The molecule has 0 aliphatic heterocycles. The average Bonchev–Trinajstić information content (AvgIpc) is 2.67. The van der Waals surface area contributed by atoms with E-state index in [-0.39, 0.29) is 5.78 Å². The van der Waals surface area contributed by atoms with Crippen molar-refractivity contribution in [2.75, 3.05) is 7.11 Å². The molecule has 0 fully saturated rings. The highest BCUT2D eigenvalue weighted by atomic mass is 35.5. The van der Waals surface area contributed by atoms with Gasteiger partial charge in [-0.1, -0.05) is 11.6 Å². The summed E-state index contributed by atoms with van der Waals surface area (Å²) in [5.41, 5.74) is 1.55. The third kappa shape index (κ3) is 2.42. The lowest BCUT2D eigenvalue weighted by molar-refractivity contribution is 0.103. The van der Waals surface area contributed by atoms with Crippen LogP contribution in [0.1, 0.15) is 25.7 Å². The number of halogens is 1. The second kappa shape index (κ2) is 5.12. The molecule has 0 N–H and O–H groups in total. The van der Waals surface area contributed by atoms with Crippen molar-refractivity contribution in [3.8, 4) is 5.75 Å². The highest BCUT2D eigenvalue weighted by molar-refractivity contribution is 7.14. The SMILES string of the molecule is COc1cc(Cl)ccc1C(=O)c1sc(C)cc1C. The molecule has 94 valence electrons. The lowest BCUT2D eigenvalue weighted by Crippen LogP contribution is -2.03. The van der Waals surface area contributed by atoms with Crippen molar-refractivity contribution in [1.82, 2.24) is 0 Å². The molecule has 2 nitrogen and oxygen atoms in total. The van der Waals surface area contributed by atoms with Gasteiger partial charge >= 0.3 is 0 Å². The topological polar surface area (TPSA) is 26.3 Å². The first-order chi connectivity index (χ1) is 8.52. The van der Waals surface area contributed by atoms with E-state index in [1.807, 2.05) is 19.9 Å². The first kappa shape index (κ1) is 13.1. The summed E-state index contributed by atoms with van der Waals surface area (Å²) in [4.78, 5) is 14.3. The fourth-order valence-electron chi connectivity index (χ4n) is 1.84. The smallest absolute Gasteiger partial charge is 0.206 e. The van der Waals surface area contributed by atoms with Gasteiger partial charge in [-0.05, 0) is 43.7 Å². The Kier molecular flexibility index (Phi) is 3.73. The number of hydrogen-bond acceptors (Lipinski definition) is 3. The largest absolute Gasteiger partial charge is 0.496 e. The van der Waals surface area contributed by atoms with Crippen molar-refractivity contribution >= 4 is 28.7 Å². The van der Waals surface area contributed by atoms with Crippen LogP contribution in [-0.2, 0) is 0 Å². The summed E-state index contributed by atoms with van der Waals surface area (Å²) in [6.45, 7) is 3.94. The zero-order valence-electron chi connectivity index (χ0n) is 10.4. The van der Waals surface area contributed by atoms with Crippen LogP contribution in [0.25, 0.3) is 0 Å². The third-order valence-corrected chi connectivity index (χ3v) is 4.04. The molecule has 0 aliphatic carbocycles. The number of aryl methyl sites for hydroxylation is 2. The van der Waals surface area contributed by atoms with Crippen LogP contribution in [0.4, 0.5) is 0 Å². The Morgan fingerprint density at radius 1 is 1.28 bits per heavy atom. The quantitative estimate of drug-likeness (QED) is 0.786. The van der Waals surface area contributed by atoms with Crippen LogP contribution in [0.5, 0.6) is 5.75 Å². The highest BCUT2D eigenvalue weighted by Gasteiger charge is 2.18. The molecule has 2 aromatic rings.